The SMILES string of the molecule is COCc1c(C(=O)O[C@H](C)C(=O)c2[nH]c(C)c(C(C)=O)c2C)oc2ccccc12. The average Bonchev–Trinajstić information content (AvgIpc) is 3.18. The first-order chi connectivity index (χ1) is 13.8. The minimum Gasteiger partial charge on any atom is -0.449 e. The minimum absolute atomic E-state index is 0.0107. The molecule has 2 aromatic heterocycles. The van der Waals surface area contributed by atoms with Crippen LogP contribution in [-0.4, -0.2) is 35.7 Å². The van der Waals surface area contributed by atoms with Gasteiger partial charge in [-0.25, -0.2) is 4.79 Å². The van der Waals surface area contributed by atoms with Gasteiger partial charge in [-0.05, 0) is 39.3 Å². The highest BCUT2D eigenvalue weighted by molar-refractivity contribution is 6.06. The highest BCUT2D eigenvalue weighted by Gasteiger charge is 2.29. The molecule has 3 aromatic rings. The summed E-state index contributed by atoms with van der Waals surface area (Å²) in [5.74, 6) is -1.29. The zero-order chi connectivity index (χ0) is 21.3. The number of carbonyl (C=O) groups is 3. The fourth-order valence-corrected chi connectivity index (χ4v) is 3.55. The van der Waals surface area contributed by atoms with Gasteiger partial charge in [-0.3, -0.25) is 9.59 Å². The lowest BCUT2D eigenvalue weighted by Gasteiger charge is -2.12. The third-order valence-electron chi connectivity index (χ3n) is 4.86. The number of fused-ring (bicyclic) bond motifs is 1. The molecule has 7 heteroatoms. The number of hydrogen-bond acceptors (Lipinski definition) is 6. The van der Waals surface area contributed by atoms with E-state index < -0.39 is 17.9 Å². The summed E-state index contributed by atoms with van der Waals surface area (Å²) in [5, 5.41) is 0.752. The zero-order valence-corrected chi connectivity index (χ0v) is 17.0. The van der Waals surface area contributed by atoms with Crippen molar-refractivity contribution < 1.29 is 28.3 Å². The van der Waals surface area contributed by atoms with E-state index in [1.165, 1.54) is 21.0 Å². The largest absolute Gasteiger partial charge is 0.449 e. The molecule has 0 spiro atoms. The summed E-state index contributed by atoms with van der Waals surface area (Å²) in [6, 6.07) is 7.20. The number of aryl methyl sites for hydroxylation is 1. The van der Waals surface area contributed by atoms with Gasteiger partial charge in [0.05, 0.1) is 12.3 Å². The smallest absolute Gasteiger partial charge is 0.375 e. The maximum Gasteiger partial charge on any atom is 0.375 e. The quantitative estimate of drug-likeness (QED) is 0.475. The molecule has 0 amide bonds. The topological polar surface area (TPSA) is 98.6 Å². The van der Waals surface area contributed by atoms with Crippen molar-refractivity contribution in [1.82, 2.24) is 4.98 Å². The molecule has 1 N–H and O–H groups in total. The molecule has 0 saturated carbocycles. The molecular formula is C22H23NO6. The molecule has 0 aliphatic carbocycles. The Morgan fingerprint density at radius 2 is 1.86 bits per heavy atom. The number of furan rings is 1. The molecule has 1 atom stereocenters. The monoisotopic (exact) mass is 397 g/mol. The highest BCUT2D eigenvalue weighted by Crippen LogP contribution is 2.28. The number of benzene rings is 1. The van der Waals surface area contributed by atoms with Crippen LogP contribution in [0.5, 0.6) is 0 Å². The van der Waals surface area contributed by atoms with Gasteiger partial charge in [0.2, 0.25) is 11.5 Å². The Bertz CT molecular complexity index is 1100. The van der Waals surface area contributed by atoms with Gasteiger partial charge in [-0.1, -0.05) is 18.2 Å². The summed E-state index contributed by atoms with van der Waals surface area (Å²) >= 11 is 0. The number of ketones is 2. The number of aromatic amines is 1. The second-order valence-electron chi connectivity index (χ2n) is 6.93. The van der Waals surface area contributed by atoms with Crippen molar-refractivity contribution in [1.29, 1.82) is 0 Å². The number of H-pyrrole nitrogens is 1. The highest BCUT2D eigenvalue weighted by atomic mass is 16.6. The molecule has 0 fully saturated rings. The van der Waals surface area contributed by atoms with E-state index in [1.807, 2.05) is 12.1 Å². The van der Waals surface area contributed by atoms with Gasteiger partial charge < -0.3 is 18.9 Å². The van der Waals surface area contributed by atoms with Crippen molar-refractivity contribution in [3.63, 3.8) is 0 Å². The van der Waals surface area contributed by atoms with E-state index in [0.29, 0.717) is 28.0 Å². The molecule has 3 rings (SSSR count). The molecular weight excluding hydrogens is 374 g/mol. The number of ether oxygens (including phenoxy) is 2. The van der Waals surface area contributed by atoms with Gasteiger partial charge in [0, 0.05) is 29.3 Å². The van der Waals surface area contributed by atoms with E-state index in [0.717, 1.165) is 5.39 Å². The summed E-state index contributed by atoms with van der Waals surface area (Å²) in [6.45, 7) is 6.52. The van der Waals surface area contributed by atoms with Gasteiger partial charge in [-0.15, -0.1) is 0 Å². The number of methoxy groups -OCH3 is 1. The Balaban J connectivity index is 1.87. The summed E-state index contributed by atoms with van der Waals surface area (Å²) in [5.41, 5.74) is 3.00. The van der Waals surface area contributed by atoms with E-state index in [2.05, 4.69) is 4.98 Å². The van der Waals surface area contributed by atoms with Crippen molar-refractivity contribution in [3.8, 4) is 0 Å². The van der Waals surface area contributed by atoms with Gasteiger partial charge in [0.15, 0.2) is 11.9 Å². The molecule has 0 bridgehead atoms. The summed E-state index contributed by atoms with van der Waals surface area (Å²) in [7, 11) is 1.52. The molecule has 0 saturated heterocycles. The maximum atomic E-state index is 12.8. The number of hydrogen-bond donors (Lipinski definition) is 1. The van der Waals surface area contributed by atoms with E-state index in [1.54, 1.807) is 26.0 Å². The third kappa shape index (κ3) is 3.73. The third-order valence-corrected chi connectivity index (χ3v) is 4.86. The molecule has 0 aliphatic heterocycles. The van der Waals surface area contributed by atoms with E-state index >= 15 is 0 Å². The Morgan fingerprint density at radius 1 is 1.17 bits per heavy atom. The lowest BCUT2D eigenvalue weighted by atomic mass is 10.0. The Labute approximate surface area is 168 Å². The van der Waals surface area contributed by atoms with Crippen LogP contribution in [0.3, 0.4) is 0 Å². The van der Waals surface area contributed by atoms with Crippen LogP contribution in [0.1, 0.15) is 62.1 Å². The molecule has 1 aromatic carbocycles. The zero-order valence-electron chi connectivity index (χ0n) is 17.0. The summed E-state index contributed by atoms with van der Waals surface area (Å²) < 4.78 is 16.2. The molecule has 0 radical (unpaired) electrons. The van der Waals surface area contributed by atoms with Gasteiger partial charge in [0.1, 0.15) is 5.58 Å². The first kappa shape index (κ1) is 20.5. The number of aromatic nitrogens is 1. The Hall–Kier alpha value is -3.19. The fourth-order valence-electron chi connectivity index (χ4n) is 3.55. The van der Waals surface area contributed by atoms with E-state index in [-0.39, 0.29) is 23.8 Å². The molecule has 7 nitrogen and oxygen atoms in total. The van der Waals surface area contributed by atoms with E-state index in [4.69, 9.17) is 13.9 Å². The van der Waals surface area contributed by atoms with Crippen LogP contribution in [0, 0.1) is 13.8 Å². The lowest BCUT2D eigenvalue weighted by molar-refractivity contribution is 0.0285. The Morgan fingerprint density at radius 3 is 2.48 bits per heavy atom. The van der Waals surface area contributed by atoms with Gasteiger partial charge >= 0.3 is 5.97 Å². The molecule has 0 aliphatic rings. The number of nitrogens with one attached hydrogen (secondary N) is 1. The van der Waals surface area contributed by atoms with Crippen LogP contribution < -0.4 is 0 Å². The van der Waals surface area contributed by atoms with Crippen molar-refractivity contribution in [2.45, 2.75) is 40.4 Å². The number of rotatable bonds is 7. The normalized spacial score (nSPS) is 12.2. The van der Waals surface area contributed by atoms with Crippen molar-refractivity contribution >= 4 is 28.5 Å². The van der Waals surface area contributed by atoms with Crippen LogP contribution in [0.15, 0.2) is 28.7 Å². The molecule has 2 heterocycles. The standard InChI is InChI=1S/C22H23NO6/c1-11-18(13(3)24)12(2)23-19(11)20(25)14(4)28-22(26)21-16(10-27-5)15-8-6-7-9-17(15)29-21/h6-9,14,23H,10H2,1-5H3/t14-/m1/s1. The van der Waals surface area contributed by atoms with E-state index in [9.17, 15) is 14.4 Å². The fraction of sp³-hybridized carbons (Fsp3) is 0.318. The summed E-state index contributed by atoms with van der Waals surface area (Å²) in [4.78, 5) is 40.3. The van der Waals surface area contributed by atoms with Crippen molar-refractivity contribution in [2.75, 3.05) is 7.11 Å². The van der Waals surface area contributed by atoms with Crippen LogP contribution in [0.2, 0.25) is 0 Å². The predicted molar refractivity (Wildman–Crippen MR) is 106 cm³/mol. The summed E-state index contributed by atoms with van der Waals surface area (Å²) in [6.07, 6.45) is -1.07. The number of esters is 1. The number of para-hydroxylation sites is 1. The second kappa shape index (κ2) is 8.05. The van der Waals surface area contributed by atoms with Crippen molar-refractivity contribution in [2.24, 2.45) is 0 Å². The second-order valence-corrected chi connectivity index (χ2v) is 6.93. The number of Topliss-reactive ketones (excluding diaryl/α,β-unsaturated/α-hetero) is 2. The van der Waals surface area contributed by atoms with Gasteiger partial charge in [0.25, 0.3) is 0 Å². The first-order valence-electron chi connectivity index (χ1n) is 9.20. The van der Waals surface area contributed by atoms with Crippen LogP contribution in [0.4, 0.5) is 0 Å². The predicted octanol–water partition coefficient (Wildman–Crippen LogP) is 4.15. The Kier molecular flexibility index (Phi) is 5.70. The van der Waals surface area contributed by atoms with Crippen molar-refractivity contribution in [3.05, 3.63) is 58.1 Å². The minimum atomic E-state index is -1.07. The first-order valence-corrected chi connectivity index (χ1v) is 9.20. The molecule has 152 valence electrons. The van der Waals surface area contributed by atoms with Crippen LogP contribution in [0.25, 0.3) is 11.0 Å². The molecule has 29 heavy (non-hydrogen) atoms. The maximum absolute atomic E-state index is 12.8. The lowest BCUT2D eigenvalue weighted by Crippen LogP contribution is -2.25. The average molecular weight is 397 g/mol. The van der Waals surface area contributed by atoms with Crippen LogP contribution >= 0.6 is 0 Å². The van der Waals surface area contributed by atoms with Crippen LogP contribution in [-0.2, 0) is 16.1 Å². The van der Waals surface area contributed by atoms with Gasteiger partial charge in [-0.2, -0.15) is 0 Å². The number of carbonyl (C=O) groups excluding carboxylic acids is 3. The molecule has 0 unspecified atom stereocenters.